The van der Waals surface area contributed by atoms with Gasteiger partial charge in [0.1, 0.15) is 0 Å². The van der Waals surface area contributed by atoms with Crippen LogP contribution in [0.5, 0.6) is 0 Å². The van der Waals surface area contributed by atoms with Crippen LogP contribution in [0, 0.1) is 5.95 Å². The molecule has 1 aliphatic heterocycles. The number of ether oxygens (including phenoxy) is 1. The van der Waals surface area contributed by atoms with Gasteiger partial charge in [0.05, 0.1) is 17.2 Å². The summed E-state index contributed by atoms with van der Waals surface area (Å²) in [6.07, 6.45) is 3.79. The van der Waals surface area contributed by atoms with Crippen LogP contribution < -0.4 is 0 Å². The molecule has 0 spiro atoms. The summed E-state index contributed by atoms with van der Waals surface area (Å²) in [5.41, 5.74) is 2.66. The van der Waals surface area contributed by atoms with E-state index >= 15 is 0 Å². The summed E-state index contributed by atoms with van der Waals surface area (Å²) in [4.78, 5) is 11.0. The lowest BCUT2D eigenvalue weighted by molar-refractivity contribution is 0.0149. The molecule has 1 atom stereocenters. The number of halogens is 2. The normalized spacial score (nSPS) is 17.8. The van der Waals surface area contributed by atoms with Crippen molar-refractivity contribution < 1.29 is 18.4 Å². The summed E-state index contributed by atoms with van der Waals surface area (Å²) in [5, 5.41) is 0.271. The largest absolute Gasteiger partial charge is 0.374 e. The summed E-state index contributed by atoms with van der Waals surface area (Å²) < 4.78 is 33.3. The molecule has 0 saturated carbocycles. The molecule has 5 heteroatoms. The lowest BCUT2D eigenvalue weighted by atomic mass is 9.97. The highest BCUT2D eigenvalue weighted by atomic mass is 19.2. The van der Waals surface area contributed by atoms with E-state index in [9.17, 15) is 13.7 Å². The van der Waals surface area contributed by atoms with Crippen LogP contribution in [0.1, 0.15) is 41.3 Å². The zero-order valence-corrected chi connectivity index (χ0v) is 13.5. The second-order valence-electron chi connectivity index (χ2n) is 6.31. The molecule has 25 heavy (non-hydrogen) atoms. The first kappa shape index (κ1) is 16.0. The molecule has 3 nitrogen and oxygen atoms in total. The molecule has 4 rings (SSSR count). The third-order valence-electron chi connectivity index (χ3n) is 4.81. The number of carbonyl (C=O) groups is 1. The fourth-order valence-electron chi connectivity index (χ4n) is 3.43. The molecule has 0 aliphatic carbocycles. The van der Waals surface area contributed by atoms with E-state index in [1.54, 1.807) is 12.1 Å². The predicted molar refractivity (Wildman–Crippen MR) is 91.8 cm³/mol. The summed E-state index contributed by atoms with van der Waals surface area (Å²) >= 11 is 0. The van der Waals surface area contributed by atoms with Crippen LogP contribution in [0.4, 0.5) is 8.87 Å². The number of aldehydes is 1. The topological polar surface area (TPSA) is 31.2 Å². The second kappa shape index (κ2) is 6.41. The zero-order valence-electron chi connectivity index (χ0n) is 13.5. The highest BCUT2D eigenvalue weighted by Crippen LogP contribution is 2.32. The van der Waals surface area contributed by atoms with E-state index in [0.29, 0.717) is 6.29 Å². The van der Waals surface area contributed by atoms with Gasteiger partial charge in [0.2, 0.25) is 5.95 Å². The highest BCUT2D eigenvalue weighted by Gasteiger charge is 2.18. The maximum atomic E-state index is 13.8. The molecule has 1 aromatic heterocycles. The molecule has 1 fully saturated rings. The predicted octanol–water partition coefficient (Wildman–Crippen LogP) is 5.23. The average Bonchev–Trinajstić information content (AvgIpc) is 2.92. The number of rotatable bonds is 3. The highest BCUT2D eigenvalue weighted by molar-refractivity contribution is 5.99. The summed E-state index contributed by atoms with van der Waals surface area (Å²) in [5.74, 6) is -1.16. The van der Waals surface area contributed by atoms with Crippen molar-refractivity contribution in [2.24, 2.45) is 0 Å². The number of hydrogen-bond acceptors (Lipinski definition) is 2. The molecule has 0 bridgehead atoms. The number of aromatic nitrogens is 1. The molecule has 0 amide bonds. The van der Waals surface area contributed by atoms with Crippen LogP contribution in [-0.2, 0) is 4.74 Å². The molecule has 128 valence electrons. The zero-order chi connectivity index (χ0) is 17.4. The van der Waals surface area contributed by atoms with Gasteiger partial charge in [-0.3, -0.25) is 4.79 Å². The molecule has 3 aromatic rings. The smallest absolute Gasteiger partial charge is 0.233 e. The number of hydrogen-bond donors (Lipinski definition) is 0. The lowest BCUT2D eigenvalue weighted by Gasteiger charge is -2.23. The standard InChI is InChI=1S/C20H17F2NO2/c21-20-17(12-24)16-11-15(8-9-18(16)23(20)22)13-4-6-14(7-5-13)19-3-1-2-10-25-19/h4-9,11-12,19H,1-3,10H2. The van der Waals surface area contributed by atoms with Gasteiger partial charge in [-0.25, -0.2) is 0 Å². The molecule has 1 aliphatic rings. The molecular weight excluding hydrogens is 324 g/mol. The van der Waals surface area contributed by atoms with Crippen molar-refractivity contribution in [1.29, 1.82) is 0 Å². The van der Waals surface area contributed by atoms with Gasteiger partial charge in [-0.05, 0) is 48.1 Å². The Morgan fingerprint density at radius 1 is 1.08 bits per heavy atom. The van der Waals surface area contributed by atoms with Crippen molar-refractivity contribution in [3.8, 4) is 11.1 Å². The van der Waals surface area contributed by atoms with Gasteiger partial charge < -0.3 is 4.74 Å². The van der Waals surface area contributed by atoms with Gasteiger partial charge in [-0.1, -0.05) is 34.8 Å². The van der Waals surface area contributed by atoms with Crippen molar-refractivity contribution in [2.45, 2.75) is 25.4 Å². The second-order valence-corrected chi connectivity index (χ2v) is 6.31. The van der Waals surface area contributed by atoms with Gasteiger partial charge in [0.15, 0.2) is 6.29 Å². The van der Waals surface area contributed by atoms with Crippen LogP contribution in [0.15, 0.2) is 42.5 Å². The first-order chi connectivity index (χ1) is 12.2. The minimum Gasteiger partial charge on any atom is -0.374 e. The van der Waals surface area contributed by atoms with E-state index in [4.69, 9.17) is 4.74 Å². The molecule has 2 heterocycles. The Labute approximate surface area is 143 Å². The fraction of sp³-hybridized carbons (Fsp3) is 0.250. The number of benzene rings is 2. The Hall–Kier alpha value is -2.53. The third-order valence-corrected chi connectivity index (χ3v) is 4.81. The van der Waals surface area contributed by atoms with Crippen LogP contribution >= 0.6 is 0 Å². The van der Waals surface area contributed by atoms with E-state index in [1.807, 2.05) is 24.3 Å². The first-order valence-corrected chi connectivity index (χ1v) is 8.36. The minimum atomic E-state index is -1.16. The fourth-order valence-corrected chi connectivity index (χ4v) is 3.43. The Bertz CT molecular complexity index is 925. The van der Waals surface area contributed by atoms with Gasteiger partial charge in [0.25, 0.3) is 0 Å². The van der Waals surface area contributed by atoms with E-state index in [0.717, 1.165) is 36.1 Å². The van der Waals surface area contributed by atoms with E-state index < -0.39 is 5.95 Å². The quantitative estimate of drug-likeness (QED) is 0.611. The maximum absolute atomic E-state index is 13.8. The lowest BCUT2D eigenvalue weighted by Crippen LogP contribution is -2.11. The van der Waals surface area contributed by atoms with Crippen LogP contribution in [0.3, 0.4) is 0 Å². The van der Waals surface area contributed by atoms with Crippen molar-refractivity contribution in [3.05, 3.63) is 59.5 Å². The van der Waals surface area contributed by atoms with Crippen molar-refractivity contribution >= 4 is 17.2 Å². The summed E-state index contributed by atoms with van der Waals surface area (Å²) in [6.45, 7) is 0.795. The molecule has 1 saturated heterocycles. The Balaban J connectivity index is 1.70. The number of carbonyl (C=O) groups excluding carboxylic acids is 1. The van der Waals surface area contributed by atoms with Crippen LogP contribution in [-0.4, -0.2) is 17.7 Å². The Morgan fingerprint density at radius 2 is 1.84 bits per heavy atom. The summed E-state index contributed by atoms with van der Waals surface area (Å²) in [6, 6.07) is 12.8. The Kier molecular flexibility index (Phi) is 4.09. The minimum absolute atomic E-state index is 0.0515. The molecule has 2 aromatic carbocycles. The van der Waals surface area contributed by atoms with E-state index in [1.165, 1.54) is 12.5 Å². The van der Waals surface area contributed by atoms with Gasteiger partial charge in [-0.15, -0.1) is 0 Å². The Morgan fingerprint density at radius 3 is 2.52 bits per heavy atom. The SMILES string of the molecule is O=Cc1c(F)n(F)c2ccc(-c3ccc(C4CCCCO4)cc3)cc12. The van der Waals surface area contributed by atoms with Crippen molar-refractivity contribution in [3.63, 3.8) is 0 Å². The molecule has 0 N–H and O–H groups in total. The summed E-state index contributed by atoms with van der Waals surface area (Å²) in [7, 11) is 0. The van der Waals surface area contributed by atoms with E-state index in [-0.39, 0.29) is 27.4 Å². The van der Waals surface area contributed by atoms with Crippen molar-refractivity contribution in [1.82, 2.24) is 4.79 Å². The van der Waals surface area contributed by atoms with Gasteiger partial charge in [0, 0.05) is 12.0 Å². The third kappa shape index (κ3) is 2.74. The molecule has 1 unspecified atom stereocenters. The van der Waals surface area contributed by atoms with Gasteiger partial charge in [-0.2, -0.15) is 9.18 Å². The van der Waals surface area contributed by atoms with Crippen LogP contribution in [0.2, 0.25) is 0 Å². The maximum Gasteiger partial charge on any atom is 0.233 e. The van der Waals surface area contributed by atoms with Crippen LogP contribution in [0.25, 0.3) is 22.0 Å². The number of nitrogens with zero attached hydrogens (tertiary/aromatic N) is 1. The first-order valence-electron chi connectivity index (χ1n) is 8.36. The molecule has 0 radical (unpaired) electrons. The van der Waals surface area contributed by atoms with Gasteiger partial charge >= 0.3 is 0 Å². The monoisotopic (exact) mass is 341 g/mol. The average molecular weight is 341 g/mol. The number of fused-ring (bicyclic) bond motifs is 1. The van der Waals surface area contributed by atoms with E-state index in [2.05, 4.69) is 0 Å². The van der Waals surface area contributed by atoms with Crippen molar-refractivity contribution in [2.75, 3.05) is 6.61 Å². The molecular formula is C20H17F2NO2.